The number of amides is 1. The summed E-state index contributed by atoms with van der Waals surface area (Å²) in [5.41, 5.74) is -0.490. The third-order valence-electron chi connectivity index (χ3n) is 3.64. The summed E-state index contributed by atoms with van der Waals surface area (Å²) in [6.07, 6.45) is 4.36. The van der Waals surface area contributed by atoms with E-state index in [0.29, 0.717) is 12.4 Å². The molecule has 1 amide bonds. The van der Waals surface area contributed by atoms with E-state index in [-0.39, 0.29) is 12.1 Å². The quantitative estimate of drug-likeness (QED) is 0.917. The molecule has 7 nitrogen and oxygen atoms in total. The van der Waals surface area contributed by atoms with E-state index in [1.807, 2.05) is 26.8 Å². The molecular weight excluding hydrogens is 296 g/mol. The van der Waals surface area contributed by atoms with Crippen LogP contribution in [0.25, 0.3) is 0 Å². The van der Waals surface area contributed by atoms with E-state index in [1.165, 1.54) is 6.33 Å². The zero-order chi connectivity index (χ0) is 16.9. The Hall–Kier alpha value is -2.05. The molecule has 0 aromatic carbocycles. The molecule has 1 aromatic rings. The fourth-order valence-corrected chi connectivity index (χ4v) is 2.63. The highest BCUT2D eigenvalue weighted by Gasteiger charge is 2.25. The van der Waals surface area contributed by atoms with Gasteiger partial charge in [0.25, 0.3) is 0 Å². The molecule has 1 aliphatic rings. The highest BCUT2D eigenvalue weighted by molar-refractivity contribution is 5.67. The third-order valence-corrected chi connectivity index (χ3v) is 3.64. The Labute approximate surface area is 137 Å². The van der Waals surface area contributed by atoms with Crippen LogP contribution in [0.2, 0.25) is 0 Å². The second-order valence-electron chi connectivity index (χ2n) is 6.64. The van der Waals surface area contributed by atoms with Gasteiger partial charge in [-0.1, -0.05) is 0 Å². The minimum Gasteiger partial charge on any atom is -0.481 e. The predicted molar refractivity (Wildman–Crippen MR) is 87.8 cm³/mol. The first-order valence-corrected chi connectivity index (χ1v) is 7.98. The van der Waals surface area contributed by atoms with Crippen molar-refractivity contribution in [1.82, 2.24) is 15.3 Å². The number of carbonyl (C=O) groups is 1. The number of aromatic nitrogens is 2. The molecule has 23 heavy (non-hydrogen) atoms. The largest absolute Gasteiger partial charge is 0.481 e. The molecule has 2 rings (SSSR count). The lowest BCUT2D eigenvalue weighted by atomic mass is 10.0. The third kappa shape index (κ3) is 5.26. The molecule has 2 heterocycles. The summed E-state index contributed by atoms with van der Waals surface area (Å²) in [5, 5.41) is 2.86. The van der Waals surface area contributed by atoms with Gasteiger partial charge in [0.05, 0.1) is 7.11 Å². The summed E-state index contributed by atoms with van der Waals surface area (Å²) >= 11 is 0. The van der Waals surface area contributed by atoms with Crippen molar-refractivity contribution >= 4 is 11.9 Å². The van der Waals surface area contributed by atoms with Gasteiger partial charge in [-0.15, -0.1) is 0 Å². The molecule has 1 fully saturated rings. The number of nitrogens with zero attached hydrogens (tertiary/aromatic N) is 3. The number of anilines is 1. The van der Waals surface area contributed by atoms with Crippen LogP contribution in [0.15, 0.2) is 12.4 Å². The van der Waals surface area contributed by atoms with Gasteiger partial charge in [0.2, 0.25) is 5.88 Å². The van der Waals surface area contributed by atoms with Gasteiger partial charge in [-0.2, -0.15) is 0 Å². The molecule has 0 radical (unpaired) electrons. The number of nitrogens with one attached hydrogen (secondary N) is 1. The Morgan fingerprint density at radius 1 is 1.39 bits per heavy atom. The maximum Gasteiger partial charge on any atom is 0.407 e. The molecule has 0 aliphatic carbocycles. The van der Waals surface area contributed by atoms with Crippen molar-refractivity contribution < 1.29 is 14.3 Å². The predicted octanol–water partition coefficient (Wildman–Crippen LogP) is 2.37. The SMILES string of the molecule is COc1cc(N2CCCC[C@H]2CNC(=O)OC(C)(C)C)ncn1. The first-order chi connectivity index (χ1) is 10.9. The number of ether oxygens (including phenoxy) is 2. The van der Waals surface area contributed by atoms with Gasteiger partial charge in [-0.25, -0.2) is 14.8 Å². The summed E-state index contributed by atoms with van der Waals surface area (Å²) in [4.78, 5) is 22.4. The first-order valence-electron chi connectivity index (χ1n) is 7.98. The molecule has 1 atom stereocenters. The normalized spacial score (nSPS) is 18.4. The first kappa shape index (κ1) is 17.3. The van der Waals surface area contributed by atoms with E-state index in [0.717, 1.165) is 31.6 Å². The molecular formula is C16H26N4O3. The van der Waals surface area contributed by atoms with Gasteiger partial charge in [-0.05, 0) is 40.0 Å². The molecule has 0 spiro atoms. The van der Waals surface area contributed by atoms with Crippen LogP contribution in [-0.4, -0.2) is 47.9 Å². The summed E-state index contributed by atoms with van der Waals surface area (Å²) in [6, 6.07) is 2.02. The summed E-state index contributed by atoms with van der Waals surface area (Å²) in [5.74, 6) is 1.37. The second-order valence-corrected chi connectivity index (χ2v) is 6.64. The Kier molecular flexibility index (Phi) is 5.63. The average molecular weight is 322 g/mol. The van der Waals surface area contributed by atoms with Gasteiger partial charge in [0.15, 0.2) is 0 Å². The van der Waals surface area contributed by atoms with E-state index in [2.05, 4.69) is 20.2 Å². The Morgan fingerprint density at radius 2 is 2.17 bits per heavy atom. The lowest BCUT2D eigenvalue weighted by Gasteiger charge is -2.36. The van der Waals surface area contributed by atoms with Crippen molar-refractivity contribution in [2.75, 3.05) is 25.1 Å². The van der Waals surface area contributed by atoms with Crippen molar-refractivity contribution in [3.8, 4) is 5.88 Å². The van der Waals surface area contributed by atoms with Crippen LogP contribution in [0.4, 0.5) is 10.6 Å². The number of hydrogen-bond acceptors (Lipinski definition) is 6. The second kappa shape index (κ2) is 7.48. The Balaban J connectivity index is 1.99. The van der Waals surface area contributed by atoms with Gasteiger partial charge < -0.3 is 19.7 Å². The molecule has 0 unspecified atom stereocenters. The van der Waals surface area contributed by atoms with Gasteiger partial charge in [0.1, 0.15) is 17.7 Å². The lowest BCUT2D eigenvalue weighted by molar-refractivity contribution is 0.0523. The van der Waals surface area contributed by atoms with Crippen molar-refractivity contribution in [2.24, 2.45) is 0 Å². The van der Waals surface area contributed by atoms with Crippen molar-refractivity contribution in [3.05, 3.63) is 12.4 Å². The fraction of sp³-hybridized carbons (Fsp3) is 0.688. The zero-order valence-corrected chi connectivity index (χ0v) is 14.3. The zero-order valence-electron chi connectivity index (χ0n) is 14.3. The molecule has 1 aromatic heterocycles. The lowest BCUT2D eigenvalue weighted by Crippen LogP contribution is -2.48. The minimum absolute atomic E-state index is 0.191. The van der Waals surface area contributed by atoms with Crippen LogP contribution in [0, 0.1) is 0 Å². The van der Waals surface area contributed by atoms with E-state index in [9.17, 15) is 4.79 Å². The number of methoxy groups -OCH3 is 1. The fourth-order valence-electron chi connectivity index (χ4n) is 2.63. The number of hydrogen-bond donors (Lipinski definition) is 1. The standard InChI is InChI=1S/C16H26N4O3/c1-16(2,3)23-15(21)17-10-12-7-5-6-8-20(12)13-9-14(22-4)19-11-18-13/h9,11-12H,5-8,10H2,1-4H3,(H,17,21)/t12-/m0/s1. The van der Waals surface area contributed by atoms with Crippen molar-refractivity contribution in [3.63, 3.8) is 0 Å². The number of carbonyl (C=O) groups excluding carboxylic acids is 1. The molecule has 0 bridgehead atoms. The summed E-state index contributed by atoms with van der Waals surface area (Å²) in [7, 11) is 1.59. The molecule has 128 valence electrons. The van der Waals surface area contributed by atoms with Crippen LogP contribution in [-0.2, 0) is 4.74 Å². The highest BCUT2D eigenvalue weighted by atomic mass is 16.6. The summed E-state index contributed by atoms with van der Waals surface area (Å²) < 4.78 is 10.5. The molecule has 0 saturated carbocycles. The molecule has 1 aliphatic heterocycles. The maximum atomic E-state index is 11.8. The van der Waals surface area contributed by atoms with E-state index < -0.39 is 5.60 Å². The smallest absolute Gasteiger partial charge is 0.407 e. The number of rotatable bonds is 4. The van der Waals surface area contributed by atoms with Crippen LogP contribution in [0.5, 0.6) is 5.88 Å². The highest BCUT2D eigenvalue weighted by Crippen LogP contribution is 2.24. The van der Waals surface area contributed by atoms with Crippen LogP contribution in [0.3, 0.4) is 0 Å². The van der Waals surface area contributed by atoms with Crippen LogP contribution >= 0.6 is 0 Å². The molecule has 1 saturated heterocycles. The van der Waals surface area contributed by atoms with Gasteiger partial charge >= 0.3 is 6.09 Å². The summed E-state index contributed by atoms with van der Waals surface area (Å²) in [6.45, 7) is 6.99. The van der Waals surface area contributed by atoms with E-state index in [4.69, 9.17) is 9.47 Å². The number of alkyl carbamates (subject to hydrolysis) is 1. The maximum absolute atomic E-state index is 11.8. The molecule has 1 N–H and O–H groups in total. The number of piperidine rings is 1. The minimum atomic E-state index is -0.490. The van der Waals surface area contributed by atoms with Crippen LogP contribution in [0.1, 0.15) is 40.0 Å². The van der Waals surface area contributed by atoms with Crippen molar-refractivity contribution in [1.29, 1.82) is 0 Å². The van der Waals surface area contributed by atoms with Crippen LogP contribution < -0.4 is 15.0 Å². The average Bonchev–Trinajstić information content (AvgIpc) is 2.51. The monoisotopic (exact) mass is 322 g/mol. The van der Waals surface area contributed by atoms with Crippen molar-refractivity contribution in [2.45, 2.75) is 51.7 Å². The van der Waals surface area contributed by atoms with Gasteiger partial charge in [-0.3, -0.25) is 0 Å². The van der Waals surface area contributed by atoms with E-state index in [1.54, 1.807) is 7.11 Å². The topological polar surface area (TPSA) is 76.6 Å². The van der Waals surface area contributed by atoms with E-state index >= 15 is 0 Å². The molecule has 7 heteroatoms. The Bertz CT molecular complexity index is 530. The Morgan fingerprint density at radius 3 is 2.87 bits per heavy atom. The van der Waals surface area contributed by atoms with Gasteiger partial charge in [0, 0.05) is 25.2 Å².